The Labute approximate surface area is 127 Å². The Morgan fingerprint density at radius 1 is 1.26 bits per heavy atom. The van der Waals surface area contributed by atoms with Gasteiger partial charge in [0.15, 0.2) is 0 Å². The minimum absolute atomic E-state index is 0.0756. The maximum absolute atomic E-state index is 12.4. The minimum atomic E-state index is 0.0756. The molecule has 0 aromatic heterocycles. The highest BCUT2D eigenvalue weighted by Crippen LogP contribution is 2.50. The lowest BCUT2D eigenvalue weighted by Crippen LogP contribution is -2.28. The van der Waals surface area contributed by atoms with Crippen molar-refractivity contribution < 1.29 is 4.79 Å². The Balaban J connectivity index is 1.94. The Bertz CT molecular complexity index is 524. The number of carbonyl (C=O) groups excluding carboxylic acids is 1. The van der Waals surface area contributed by atoms with Gasteiger partial charge in [-0.15, -0.1) is 0 Å². The predicted octanol–water partition coefficient (Wildman–Crippen LogP) is 3.50. The number of hydrogen-bond acceptors (Lipinski definition) is 5. The van der Waals surface area contributed by atoms with Crippen LogP contribution in [-0.2, 0) is 4.79 Å². The van der Waals surface area contributed by atoms with Gasteiger partial charge in [-0.3, -0.25) is 9.69 Å². The third-order valence-corrected chi connectivity index (χ3v) is 6.60. The van der Waals surface area contributed by atoms with E-state index in [1.165, 1.54) is 35.2 Å². The largest absolute Gasteiger partial charge is 0.341 e. The van der Waals surface area contributed by atoms with Crippen molar-refractivity contribution in [2.24, 2.45) is 0 Å². The summed E-state index contributed by atoms with van der Waals surface area (Å²) in [6, 6.07) is 0. The molecule has 1 aliphatic carbocycles. The number of allylic oxidation sites excluding steroid dienone is 2. The lowest BCUT2D eigenvalue weighted by atomic mass is 10.0. The van der Waals surface area contributed by atoms with Gasteiger partial charge in [-0.25, -0.2) is 0 Å². The van der Waals surface area contributed by atoms with Gasteiger partial charge in [-0.2, -0.15) is 0 Å². The zero-order valence-corrected chi connectivity index (χ0v) is 13.5. The smallest absolute Gasteiger partial charge is 0.268 e. The first-order valence-corrected chi connectivity index (χ1v) is 8.59. The highest BCUT2D eigenvalue weighted by Gasteiger charge is 2.38. The topological polar surface area (TPSA) is 23.6 Å². The van der Waals surface area contributed by atoms with E-state index in [9.17, 15) is 4.79 Å². The summed E-state index contributed by atoms with van der Waals surface area (Å²) < 4.78 is 0.689. The summed E-state index contributed by atoms with van der Waals surface area (Å²) in [4.78, 5) is 18.5. The average Bonchev–Trinajstić information content (AvgIpc) is 2.88. The van der Waals surface area contributed by atoms with Gasteiger partial charge >= 0.3 is 0 Å². The SMILES string of the molecule is CCN1C(=O)/C(=C2\SC3=C(CCCC3)N2C)SC1=S. The van der Waals surface area contributed by atoms with Crippen LogP contribution in [0.2, 0.25) is 0 Å². The van der Waals surface area contributed by atoms with Gasteiger partial charge in [-0.1, -0.05) is 35.7 Å². The number of rotatable bonds is 1. The molecule has 0 atom stereocenters. The number of likely N-dealkylation sites (N-methyl/N-ethyl adjacent to an activating group) is 1. The molecule has 102 valence electrons. The third-order valence-electron chi connectivity index (χ3n) is 3.68. The fraction of sp³-hybridized carbons (Fsp3) is 0.538. The zero-order chi connectivity index (χ0) is 13.6. The highest BCUT2D eigenvalue weighted by atomic mass is 32.2. The summed E-state index contributed by atoms with van der Waals surface area (Å²) in [5.74, 6) is 0.0756. The molecule has 1 saturated heterocycles. The van der Waals surface area contributed by atoms with Crippen molar-refractivity contribution in [2.45, 2.75) is 32.6 Å². The number of nitrogens with zero attached hydrogens (tertiary/aromatic N) is 2. The molecule has 3 aliphatic rings. The number of carbonyl (C=O) groups is 1. The van der Waals surface area contributed by atoms with Crippen LogP contribution in [-0.4, -0.2) is 33.6 Å². The fourth-order valence-corrected chi connectivity index (χ4v) is 5.53. The lowest BCUT2D eigenvalue weighted by molar-refractivity contribution is -0.122. The van der Waals surface area contributed by atoms with E-state index in [-0.39, 0.29) is 5.91 Å². The van der Waals surface area contributed by atoms with Crippen LogP contribution in [0.4, 0.5) is 0 Å². The van der Waals surface area contributed by atoms with Gasteiger partial charge in [0.05, 0.1) is 5.03 Å². The number of hydrogen-bond donors (Lipinski definition) is 0. The molecule has 3 rings (SSSR count). The molecule has 6 heteroatoms. The van der Waals surface area contributed by atoms with Crippen LogP contribution in [0.15, 0.2) is 20.5 Å². The van der Waals surface area contributed by atoms with E-state index in [0.717, 1.165) is 22.8 Å². The fourth-order valence-electron chi connectivity index (χ4n) is 2.63. The van der Waals surface area contributed by atoms with Crippen LogP contribution in [0.25, 0.3) is 0 Å². The number of thioether (sulfide) groups is 2. The van der Waals surface area contributed by atoms with E-state index in [2.05, 4.69) is 11.9 Å². The second-order valence-electron chi connectivity index (χ2n) is 4.79. The summed E-state index contributed by atoms with van der Waals surface area (Å²) in [5, 5.41) is 1.08. The highest BCUT2D eigenvalue weighted by molar-refractivity contribution is 8.27. The second kappa shape index (κ2) is 5.14. The number of thiocarbonyl (C=S) groups is 1. The van der Waals surface area contributed by atoms with Crippen molar-refractivity contribution in [1.82, 2.24) is 9.80 Å². The summed E-state index contributed by atoms with van der Waals surface area (Å²) in [5.41, 5.74) is 1.41. The van der Waals surface area contributed by atoms with Crippen molar-refractivity contribution in [2.75, 3.05) is 13.6 Å². The first-order valence-electron chi connectivity index (χ1n) is 6.55. The predicted molar refractivity (Wildman–Crippen MR) is 85.5 cm³/mol. The van der Waals surface area contributed by atoms with Crippen LogP contribution in [0.3, 0.4) is 0 Å². The molecular weight excluding hydrogens is 296 g/mol. The molecule has 0 N–H and O–H groups in total. The van der Waals surface area contributed by atoms with Gasteiger partial charge in [0.1, 0.15) is 9.23 Å². The normalized spacial score (nSPS) is 27.7. The molecule has 0 aromatic carbocycles. The molecule has 1 amide bonds. The maximum Gasteiger partial charge on any atom is 0.268 e. The first kappa shape index (κ1) is 13.5. The van der Waals surface area contributed by atoms with Crippen molar-refractivity contribution in [3.63, 3.8) is 0 Å². The van der Waals surface area contributed by atoms with Crippen LogP contribution in [0, 0.1) is 0 Å². The number of amides is 1. The van der Waals surface area contributed by atoms with Crippen molar-refractivity contribution in [3.8, 4) is 0 Å². The third kappa shape index (κ3) is 2.14. The lowest BCUT2D eigenvalue weighted by Gasteiger charge is -2.20. The van der Waals surface area contributed by atoms with Gasteiger partial charge < -0.3 is 4.90 Å². The van der Waals surface area contributed by atoms with E-state index in [1.54, 1.807) is 16.7 Å². The Morgan fingerprint density at radius 2 is 2.00 bits per heavy atom. The van der Waals surface area contributed by atoms with Gasteiger partial charge in [0.2, 0.25) is 0 Å². The van der Waals surface area contributed by atoms with Gasteiger partial charge in [0.25, 0.3) is 5.91 Å². The van der Waals surface area contributed by atoms with E-state index in [4.69, 9.17) is 12.2 Å². The van der Waals surface area contributed by atoms with Crippen LogP contribution < -0.4 is 0 Å². The average molecular weight is 312 g/mol. The minimum Gasteiger partial charge on any atom is -0.341 e. The van der Waals surface area contributed by atoms with Gasteiger partial charge in [0, 0.05) is 24.2 Å². The van der Waals surface area contributed by atoms with Crippen molar-refractivity contribution in [1.29, 1.82) is 0 Å². The van der Waals surface area contributed by atoms with E-state index < -0.39 is 0 Å². The van der Waals surface area contributed by atoms with E-state index in [1.807, 2.05) is 6.92 Å². The summed E-state index contributed by atoms with van der Waals surface area (Å²) in [7, 11) is 2.08. The molecule has 0 spiro atoms. The maximum atomic E-state index is 12.4. The first-order chi connectivity index (χ1) is 9.13. The Morgan fingerprint density at radius 3 is 2.63 bits per heavy atom. The molecule has 0 saturated carbocycles. The zero-order valence-electron chi connectivity index (χ0n) is 11.1. The Kier molecular flexibility index (Phi) is 3.66. The molecule has 0 aromatic rings. The standard InChI is InChI=1S/C13H16N2OS3/c1-3-15-11(16)10(19-13(15)17)12-14(2)8-6-4-5-7-9(8)18-12/h3-7H2,1-2H3/b12-10+. The van der Waals surface area contributed by atoms with E-state index >= 15 is 0 Å². The van der Waals surface area contributed by atoms with Crippen LogP contribution in [0.1, 0.15) is 32.6 Å². The van der Waals surface area contributed by atoms with Gasteiger partial charge in [-0.05, 0) is 32.6 Å². The van der Waals surface area contributed by atoms with E-state index in [0.29, 0.717) is 10.9 Å². The summed E-state index contributed by atoms with van der Waals surface area (Å²) >= 11 is 8.51. The van der Waals surface area contributed by atoms with Crippen LogP contribution in [0.5, 0.6) is 0 Å². The molecule has 2 aliphatic heterocycles. The summed E-state index contributed by atoms with van der Waals surface area (Å²) in [6.07, 6.45) is 4.81. The van der Waals surface area contributed by atoms with Crippen molar-refractivity contribution in [3.05, 3.63) is 20.5 Å². The monoisotopic (exact) mass is 312 g/mol. The molecule has 3 nitrogen and oxygen atoms in total. The molecule has 2 heterocycles. The molecular formula is C13H16N2OS3. The summed E-state index contributed by atoms with van der Waals surface area (Å²) in [6.45, 7) is 2.62. The molecule has 0 radical (unpaired) electrons. The second-order valence-corrected chi connectivity index (χ2v) is 7.52. The molecule has 1 fully saturated rings. The quantitative estimate of drug-likeness (QED) is 0.545. The molecule has 0 unspecified atom stereocenters. The molecule has 19 heavy (non-hydrogen) atoms. The molecule has 0 bridgehead atoms. The van der Waals surface area contributed by atoms with Crippen molar-refractivity contribution >= 4 is 46.0 Å². The van der Waals surface area contributed by atoms with Crippen LogP contribution >= 0.6 is 35.7 Å². The Hall–Kier alpha value is -0.460.